The summed E-state index contributed by atoms with van der Waals surface area (Å²) in [6.07, 6.45) is 3.85. The molecule has 3 heteroatoms. The lowest BCUT2D eigenvalue weighted by Crippen LogP contribution is -2.45. The van der Waals surface area contributed by atoms with Gasteiger partial charge in [0.25, 0.3) is 0 Å². The van der Waals surface area contributed by atoms with Gasteiger partial charge in [0.15, 0.2) is 0 Å². The van der Waals surface area contributed by atoms with Gasteiger partial charge in [0, 0.05) is 11.3 Å². The molecule has 13 heavy (non-hydrogen) atoms. The Labute approximate surface area is 86.1 Å². The lowest BCUT2D eigenvalue weighted by atomic mass is 9.59. The summed E-state index contributed by atoms with van der Waals surface area (Å²) < 4.78 is 1.19. The van der Waals surface area contributed by atoms with Crippen LogP contribution in [0.1, 0.15) is 26.7 Å². The first kappa shape index (κ1) is 9.25. The van der Waals surface area contributed by atoms with E-state index in [2.05, 4.69) is 28.9 Å². The number of fused-ring (bicyclic) bond motifs is 1. The summed E-state index contributed by atoms with van der Waals surface area (Å²) in [4.78, 5) is 11.2. The molecular weight excluding hydrogens is 232 g/mol. The van der Waals surface area contributed by atoms with E-state index >= 15 is 0 Å². The van der Waals surface area contributed by atoms with E-state index in [0.29, 0.717) is 5.92 Å². The second-order valence-corrected chi connectivity index (χ2v) is 5.46. The van der Waals surface area contributed by atoms with E-state index < -0.39 is 11.4 Å². The number of hydrogen-bond acceptors (Lipinski definition) is 1. The number of aliphatic carboxylic acids is 1. The summed E-state index contributed by atoms with van der Waals surface area (Å²) in [5, 5.41) is 9.20. The van der Waals surface area contributed by atoms with Gasteiger partial charge < -0.3 is 5.11 Å². The molecule has 1 N–H and O–H groups in total. The molecule has 2 aliphatic carbocycles. The quantitative estimate of drug-likeness (QED) is 0.771. The molecule has 0 radical (unpaired) electrons. The van der Waals surface area contributed by atoms with Crippen molar-refractivity contribution in [1.29, 1.82) is 0 Å². The summed E-state index contributed by atoms with van der Waals surface area (Å²) in [5.41, 5.74) is -0.688. The first-order valence-corrected chi connectivity index (χ1v) is 5.33. The summed E-state index contributed by atoms with van der Waals surface area (Å²) in [6.45, 7) is 3.93. The van der Waals surface area contributed by atoms with Crippen molar-refractivity contribution in [3.05, 3.63) is 10.6 Å². The average molecular weight is 245 g/mol. The molecule has 72 valence electrons. The predicted molar refractivity (Wildman–Crippen MR) is 53.6 cm³/mol. The lowest BCUT2D eigenvalue weighted by molar-refractivity contribution is -0.153. The molecule has 2 nitrogen and oxygen atoms in total. The van der Waals surface area contributed by atoms with E-state index in [4.69, 9.17) is 0 Å². The Kier molecular flexibility index (Phi) is 1.69. The maximum atomic E-state index is 11.2. The number of carbonyl (C=O) groups is 1. The van der Waals surface area contributed by atoms with Crippen LogP contribution in [-0.4, -0.2) is 11.1 Å². The first-order chi connectivity index (χ1) is 5.92. The van der Waals surface area contributed by atoms with Gasteiger partial charge in [-0.3, -0.25) is 4.79 Å². The van der Waals surface area contributed by atoms with E-state index in [0.717, 1.165) is 12.8 Å². The molecule has 0 aliphatic heterocycles. The number of halogens is 1. The van der Waals surface area contributed by atoms with Gasteiger partial charge in [-0.2, -0.15) is 0 Å². The highest BCUT2D eigenvalue weighted by Crippen LogP contribution is 2.66. The van der Waals surface area contributed by atoms with E-state index in [9.17, 15) is 9.90 Å². The van der Waals surface area contributed by atoms with E-state index in [1.165, 1.54) is 4.48 Å². The van der Waals surface area contributed by atoms with Crippen LogP contribution >= 0.6 is 15.9 Å². The minimum atomic E-state index is -0.659. The fourth-order valence-corrected chi connectivity index (χ4v) is 3.88. The van der Waals surface area contributed by atoms with Crippen LogP contribution in [0, 0.1) is 16.7 Å². The lowest BCUT2D eigenvalue weighted by Gasteiger charge is -2.46. The van der Waals surface area contributed by atoms with Crippen molar-refractivity contribution in [2.75, 3.05) is 0 Å². The number of carboxylic acids is 1. The summed E-state index contributed by atoms with van der Waals surface area (Å²) in [6, 6.07) is 0. The zero-order chi connectivity index (χ0) is 9.85. The molecule has 0 bridgehead atoms. The van der Waals surface area contributed by atoms with Gasteiger partial charge in [-0.25, -0.2) is 0 Å². The molecule has 0 aromatic carbocycles. The van der Waals surface area contributed by atoms with Crippen molar-refractivity contribution >= 4 is 21.9 Å². The number of hydrogen-bond donors (Lipinski definition) is 1. The smallest absolute Gasteiger partial charge is 0.310 e. The van der Waals surface area contributed by atoms with Crippen LogP contribution in [-0.2, 0) is 4.79 Å². The van der Waals surface area contributed by atoms with E-state index in [1.807, 2.05) is 6.92 Å². The fraction of sp³-hybridized carbons (Fsp3) is 0.700. The topological polar surface area (TPSA) is 37.3 Å². The monoisotopic (exact) mass is 244 g/mol. The zero-order valence-electron chi connectivity index (χ0n) is 7.80. The molecule has 0 amide bonds. The molecule has 2 aliphatic rings. The van der Waals surface area contributed by atoms with Crippen molar-refractivity contribution < 1.29 is 9.90 Å². The largest absolute Gasteiger partial charge is 0.481 e. The van der Waals surface area contributed by atoms with Crippen molar-refractivity contribution in [3.63, 3.8) is 0 Å². The molecule has 0 aromatic heterocycles. The Morgan fingerprint density at radius 2 is 2.31 bits per heavy atom. The molecule has 0 saturated heterocycles. The number of carboxylic acid groups (broad SMARTS) is 1. The summed E-state index contributed by atoms with van der Waals surface area (Å²) in [7, 11) is 0. The maximum absolute atomic E-state index is 11.2. The van der Waals surface area contributed by atoms with Crippen LogP contribution in [0.5, 0.6) is 0 Å². The fourth-order valence-electron chi connectivity index (χ4n) is 2.70. The van der Waals surface area contributed by atoms with Crippen LogP contribution in [0.2, 0.25) is 0 Å². The van der Waals surface area contributed by atoms with Gasteiger partial charge in [-0.15, -0.1) is 0 Å². The second-order valence-electron chi connectivity index (χ2n) is 4.54. The second kappa shape index (κ2) is 2.38. The first-order valence-electron chi connectivity index (χ1n) is 4.53. The number of rotatable bonds is 1. The van der Waals surface area contributed by atoms with Crippen LogP contribution < -0.4 is 0 Å². The van der Waals surface area contributed by atoms with E-state index in [-0.39, 0.29) is 5.41 Å². The zero-order valence-corrected chi connectivity index (χ0v) is 9.39. The van der Waals surface area contributed by atoms with Gasteiger partial charge in [-0.1, -0.05) is 28.9 Å². The highest BCUT2D eigenvalue weighted by Gasteiger charge is 2.62. The summed E-state index contributed by atoms with van der Waals surface area (Å²) >= 11 is 3.47. The molecule has 0 heterocycles. The Morgan fingerprint density at radius 3 is 2.69 bits per heavy atom. The van der Waals surface area contributed by atoms with Gasteiger partial charge >= 0.3 is 5.97 Å². The Morgan fingerprint density at radius 1 is 1.69 bits per heavy atom. The molecular formula is C10H13BrO2. The Bertz CT molecular complexity index is 310. The van der Waals surface area contributed by atoms with Crippen LogP contribution in [0.25, 0.3) is 0 Å². The van der Waals surface area contributed by atoms with Gasteiger partial charge in [-0.05, 0) is 24.2 Å². The number of allylic oxidation sites excluding steroid dienone is 2. The van der Waals surface area contributed by atoms with Crippen molar-refractivity contribution in [2.45, 2.75) is 26.7 Å². The molecule has 2 rings (SSSR count). The van der Waals surface area contributed by atoms with Gasteiger partial charge in [0.05, 0.1) is 5.41 Å². The van der Waals surface area contributed by atoms with Crippen molar-refractivity contribution in [3.8, 4) is 0 Å². The van der Waals surface area contributed by atoms with E-state index in [1.54, 1.807) is 0 Å². The van der Waals surface area contributed by atoms with Crippen molar-refractivity contribution in [1.82, 2.24) is 0 Å². The molecule has 0 spiro atoms. The predicted octanol–water partition coefficient (Wildman–Crippen LogP) is 2.79. The standard InChI is InChI=1S/C10H13BrO2/c1-9(8(12)13)4-3-6-7(11)5-10(6,9)2/h5-6H,3-4H2,1-2H3,(H,12,13)/t6-,9-,10+/m1/s1. The van der Waals surface area contributed by atoms with Crippen molar-refractivity contribution in [2.24, 2.45) is 16.7 Å². The van der Waals surface area contributed by atoms with Gasteiger partial charge in [0.2, 0.25) is 0 Å². The highest BCUT2D eigenvalue weighted by molar-refractivity contribution is 9.11. The minimum absolute atomic E-state index is 0.127. The normalized spacial score (nSPS) is 47.9. The molecule has 0 unspecified atom stereocenters. The van der Waals surface area contributed by atoms with Gasteiger partial charge in [0.1, 0.15) is 0 Å². The average Bonchev–Trinajstić information content (AvgIpc) is 2.22. The maximum Gasteiger partial charge on any atom is 0.310 e. The molecule has 0 aromatic rings. The van der Waals surface area contributed by atoms with Crippen LogP contribution in [0.3, 0.4) is 0 Å². The third-order valence-electron chi connectivity index (χ3n) is 4.09. The Balaban J connectivity index is 2.42. The minimum Gasteiger partial charge on any atom is -0.481 e. The Hall–Kier alpha value is -0.310. The molecule has 1 fully saturated rings. The molecule has 3 atom stereocenters. The summed E-state index contributed by atoms with van der Waals surface area (Å²) in [5.74, 6) is -0.220. The third-order valence-corrected chi connectivity index (χ3v) is 4.87. The van der Waals surface area contributed by atoms with Crippen LogP contribution in [0.4, 0.5) is 0 Å². The SMILES string of the molecule is C[C@]12C=C(Br)[C@H]1CC[C@]2(C)C(=O)O. The molecule has 1 saturated carbocycles. The third kappa shape index (κ3) is 0.862. The highest BCUT2D eigenvalue weighted by atomic mass is 79.9. The van der Waals surface area contributed by atoms with Crippen LogP contribution in [0.15, 0.2) is 10.6 Å².